The van der Waals surface area contributed by atoms with Crippen molar-refractivity contribution in [3.8, 4) is 11.4 Å². The topological polar surface area (TPSA) is 55.2 Å². The minimum absolute atomic E-state index is 0.0673. The Bertz CT molecular complexity index is 1020. The molecule has 3 aromatic rings. The molecule has 1 aromatic heterocycles. The number of aryl methyl sites for hydroxylation is 1. The highest BCUT2D eigenvalue weighted by atomic mass is 32.2. The minimum atomic E-state index is -3.29. The van der Waals surface area contributed by atoms with Gasteiger partial charge in [-0.15, -0.1) is 0 Å². The van der Waals surface area contributed by atoms with Crippen molar-refractivity contribution in [1.29, 1.82) is 0 Å². The van der Waals surface area contributed by atoms with Crippen LogP contribution in [0.2, 0.25) is 0 Å². The largest absolute Gasteiger partial charge is 0.325 e. The quantitative estimate of drug-likeness (QED) is 0.655. The molecule has 0 saturated carbocycles. The van der Waals surface area contributed by atoms with Gasteiger partial charge in [-0.2, -0.15) is 0 Å². The third kappa shape index (κ3) is 3.88. The van der Waals surface area contributed by atoms with Crippen molar-refractivity contribution >= 4 is 10.0 Å². The highest BCUT2D eigenvalue weighted by molar-refractivity contribution is 7.88. The summed E-state index contributed by atoms with van der Waals surface area (Å²) in [6, 6.07) is 19.8. The summed E-state index contributed by atoms with van der Waals surface area (Å²) < 4.78 is 29.5. The molecule has 0 unspecified atom stereocenters. The summed E-state index contributed by atoms with van der Waals surface area (Å²) in [6.07, 6.45) is 3.50. The van der Waals surface area contributed by atoms with Gasteiger partial charge in [-0.25, -0.2) is 17.7 Å². The van der Waals surface area contributed by atoms with E-state index in [1.165, 1.54) is 0 Å². The van der Waals surface area contributed by atoms with E-state index in [1.54, 1.807) is 4.31 Å². The summed E-state index contributed by atoms with van der Waals surface area (Å²) in [5, 5.41) is 0. The Balaban J connectivity index is 1.49. The maximum atomic E-state index is 12.8. The Morgan fingerprint density at radius 1 is 0.964 bits per heavy atom. The Morgan fingerprint density at radius 3 is 2.21 bits per heavy atom. The molecule has 4 rings (SSSR count). The number of rotatable bonds is 5. The van der Waals surface area contributed by atoms with Crippen LogP contribution in [-0.2, 0) is 15.8 Å². The van der Waals surface area contributed by atoms with E-state index in [-0.39, 0.29) is 11.8 Å². The van der Waals surface area contributed by atoms with Crippen LogP contribution in [0.1, 0.15) is 30.1 Å². The van der Waals surface area contributed by atoms with Crippen LogP contribution in [0.5, 0.6) is 0 Å². The minimum Gasteiger partial charge on any atom is -0.325 e. The van der Waals surface area contributed by atoms with Gasteiger partial charge in [0.05, 0.1) is 5.75 Å². The molecule has 146 valence electrons. The lowest BCUT2D eigenvalue weighted by Crippen LogP contribution is -2.39. The molecule has 28 heavy (non-hydrogen) atoms. The van der Waals surface area contributed by atoms with Crippen LogP contribution in [-0.4, -0.2) is 35.4 Å². The molecule has 6 heteroatoms. The fourth-order valence-electron chi connectivity index (χ4n) is 3.96. The Morgan fingerprint density at radius 2 is 1.57 bits per heavy atom. The maximum Gasteiger partial charge on any atom is 0.218 e. The van der Waals surface area contributed by atoms with E-state index < -0.39 is 10.0 Å². The second kappa shape index (κ2) is 7.89. The Hall–Kier alpha value is -2.44. The van der Waals surface area contributed by atoms with Crippen LogP contribution in [0.25, 0.3) is 11.4 Å². The van der Waals surface area contributed by atoms with Gasteiger partial charge in [0.2, 0.25) is 10.0 Å². The number of sulfonamides is 1. The van der Waals surface area contributed by atoms with Gasteiger partial charge in [0.1, 0.15) is 5.82 Å². The number of piperidine rings is 1. The molecular weight excluding hydrogens is 370 g/mol. The number of aromatic nitrogens is 2. The lowest BCUT2D eigenvalue weighted by Gasteiger charge is -2.33. The molecule has 1 fully saturated rings. The third-order valence-electron chi connectivity index (χ3n) is 5.39. The summed E-state index contributed by atoms with van der Waals surface area (Å²) in [5.41, 5.74) is 3.04. The lowest BCUT2D eigenvalue weighted by atomic mass is 10.1. The van der Waals surface area contributed by atoms with Crippen LogP contribution < -0.4 is 0 Å². The van der Waals surface area contributed by atoms with Crippen LogP contribution in [0.3, 0.4) is 0 Å². The van der Waals surface area contributed by atoms with Crippen molar-refractivity contribution in [1.82, 2.24) is 13.9 Å². The fourth-order valence-corrected chi connectivity index (χ4v) is 5.53. The van der Waals surface area contributed by atoms with Crippen molar-refractivity contribution in [2.24, 2.45) is 0 Å². The fraction of sp³-hybridized carbons (Fsp3) is 0.318. The molecule has 1 aliphatic rings. The van der Waals surface area contributed by atoms with E-state index in [9.17, 15) is 8.42 Å². The molecule has 0 amide bonds. The van der Waals surface area contributed by atoms with E-state index in [4.69, 9.17) is 0 Å². The lowest BCUT2D eigenvalue weighted by molar-refractivity contribution is 0.273. The van der Waals surface area contributed by atoms with Gasteiger partial charge in [0.25, 0.3) is 0 Å². The smallest absolute Gasteiger partial charge is 0.218 e. The van der Waals surface area contributed by atoms with Crippen LogP contribution in [0.15, 0.2) is 66.9 Å². The van der Waals surface area contributed by atoms with Gasteiger partial charge in [-0.05, 0) is 25.3 Å². The highest BCUT2D eigenvalue weighted by Crippen LogP contribution is 2.31. The average Bonchev–Trinajstić information content (AvgIpc) is 3.11. The van der Waals surface area contributed by atoms with E-state index in [1.807, 2.05) is 54.7 Å². The molecule has 2 heterocycles. The van der Waals surface area contributed by atoms with Crippen LogP contribution >= 0.6 is 0 Å². The van der Waals surface area contributed by atoms with Crippen molar-refractivity contribution < 1.29 is 8.42 Å². The van der Waals surface area contributed by atoms with E-state index in [2.05, 4.69) is 28.6 Å². The first-order valence-electron chi connectivity index (χ1n) is 9.65. The molecule has 0 N–H and O–H groups in total. The predicted molar refractivity (Wildman–Crippen MR) is 111 cm³/mol. The van der Waals surface area contributed by atoms with Crippen molar-refractivity contribution in [3.05, 3.63) is 78.1 Å². The standard InChI is InChI=1S/C22H25N3O2S/c1-18-16-23-22(20-10-6-3-7-11-20)25(18)21-12-14-24(15-13-21)28(26,27)17-19-8-4-2-5-9-19/h2-11,16,21H,12-15,17H2,1H3. The first kappa shape index (κ1) is 18.9. The van der Waals surface area contributed by atoms with Gasteiger partial charge in [0, 0.05) is 36.6 Å². The molecule has 1 aliphatic heterocycles. The third-order valence-corrected chi connectivity index (χ3v) is 7.24. The number of imidazole rings is 1. The highest BCUT2D eigenvalue weighted by Gasteiger charge is 2.30. The normalized spacial score (nSPS) is 16.3. The summed E-state index contributed by atoms with van der Waals surface area (Å²) in [6.45, 7) is 3.16. The summed E-state index contributed by atoms with van der Waals surface area (Å²) in [7, 11) is -3.29. The molecule has 0 aliphatic carbocycles. The van der Waals surface area contributed by atoms with Crippen molar-refractivity contribution in [2.75, 3.05) is 13.1 Å². The van der Waals surface area contributed by atoms with Gasteiger partial charge in [-0.1, -0.05) is 60.7 Å². The first-order chi connectivity index (χ1) is 13.5. The van der Waals surface area contributed by atoms with E-state index in [0.717, 1.165) is 35.5 Å². The first-order valence-corrected chi connectivity index (χ1v) is 11.3. The molecular formula is C22H25N3O2S. The zero-order valence-corrected chi connectivity index (χ0v) is 16.8. The van der Waals surface area contributed by atoms with Crippen molar-refractivity contribution in [3.63, 3.8) is 0 Å². The number of nitrogens with zero attached hydrogens (tertiary/aromatic N) is 3. The molecule has 0 spiro atoms. The van der Waals surface area contributed by atoms with Gasteiger partial charge in [0.15, 0.2) is 0 Å². The average molecular weight is 396 g/mol. The molecule has 1 saturated heterocycles. The Labute approximate surface area is 166 Å². The molecule has 0 atom stereocenters. The molecule has 2 aromatic carbocycles. The maximum absolute atomic E-state index is 12.8. The summed E-state index contributed by atoms with van der Waals surface area (Å²) in [4.78, 5) is 4.62. The summed E-state index contributed by atoms with van der Waals surface area (Å²) in [5.74, 6) is 1.03. The predicted octanol–water partition coefficient (Wildman–Crippen LogP) is 4.03. The Kier molecular flexibility index (Phi) is 5.33. The zero-order chi connectivity index (χ0) is 19.6. The SMILES string of the molecule is Cc1cnc(-c2ccccc2)n1C1CCN(S(=O)(=O)Cc2ccccc2)CC1. The van der Waals surface area contributed by atoms with Gasteiger partial charge >= 0.3 is 0 Å². The second-order valence-electron chi connectivity index (χ2n) is 7.33. The monoisotopic (exact) mass is 395 g/mol. The molecule has 5 nitrogen and oxygen atoms in total. The number of hydrogen-bond donors (Lipinski definition) is 0. The molecule has 0 radical (unpaired) electrons. The van der Waals surface area contributed by atoms with Crippen LogP contribution in [0.4, 0.5) is 0 Å². The zero-order valence-electron chi connectivity index (χ0n) is 16.0. The second-order valence-corrected chi connectivity index (χ2v) is 9.30. The van der Waals surface area contributed by atoms with E-state index >= 15 is 0 Å². The number of benzene rings is 2. The van der Waals surface area contributed by atoms with E-state index in [0.29, 0.717) is 13.1 Å². The van der Waals surface area contributed by atoms with Crippen LogP contribution in [0, 0.1) is 6.92 Å². The van der Waals surface area contributed by atoms with Gasteiger partial charge in [-0.3, -0.25) is 0 Å². The summed E-state index contributed by atoms with van der Waals surface area (Å²) >= 11 is 0. The number of hydrogen-bond acceptors (Lipinski definition) is 3. The van der Waals surface area contributed by atoms with Gasteiger partial charge < -0.3 is 4.57 Å². The van der Waals surface area contributed by atoms with Crippen molar-refractivity contribution in [2.45, 2.75) is 31.6 Å². The molecule has 0 bridgehead atoms.